The zero-order valence-corrected chi connectivity index (χ0v) is 13.9. The van der Waals surface area contributed by atoms with Gasteiger partial charge >= 0.3 is 6.03 Å². The first kappa shape index (κ1) is 18.2. The summed E-state index contributed by atoms with van der Waals surface area (Å²) in [5.74, 6) is -1.02. The summed E-state index contributed by atoms with van der Waals surface area (Å²) in [6.45, 7) is 0.591. The normalized spacial score (nSPS) is 18.8. The van der Waals surface area contributed by atoms with Crippen LogP contribution in [0.25, 0.3) is 0 Å². The largest absolute Gasteiger partial charge is 0.352 e. The number of halogens is 1. The average molecular weight is 357 g/mol. The maximum atomic E-state index is 13.4. The average Bonchev–Trinajstić information content (AvgIpc) is 2.86. The molecule has 0 aliphatic carbocycles. The Morgan fingerprint density at radius 3 is 2.54 bits per heavy atom. The van der Waals surface area contributed by atoms with Gasteiger partial charge in [0, 0.05) is 19.1 Å². The second-order valence-electron chi connectivity index (χ2n) is 5.59. The van der Waals surface area contributed by atoms with Crippen LogP contribution in [0.1, 0.15) is 23.2 Å². The van der Waals surface area contributed by atoms with Crippen molar-refractivity contribution in [2.45, 2.75) is 18.9 Å². The predicted molar refractivity (Wildman–Crippen MR) is 86.9 cm³/mol. The highest BCUT2D eigenvalue weighted by Crippen LogP contribution is 2.10. The van der Waals surface area contributed by atoms with E-state index in [-0.39, 0.29) is 29.7 Å². The molecule has 132 valence electrons. The summed E-state index contributed by atoms with van der Waals surface area (Å²) < 4.78 is 36.0. The van der Waals surface area contributed by atoms with E-state index in [1.165, 1.54) is 18.2 Å². The van der Waals surface area contributed by atoms with E-state index in [0.717, 1.165) is 0 Å². The summed E-state index contributed by atoms with van der Waals surface area (Å²) in [7, 11) is -3.03. The monoisotopic (exact) mass is 357 g/mol. The Kier molecular flexibility index (Phi) is 6.13. The first-order chi connectivity index (χ1) is 11.4. The predicted octanol–water partition coefficient (Wildman–Crippen LogP) is 0.432. The number of hydrogen-bond acceptors (Lipinski definition) is 4. The van der Waals surface area contributed by atoms with Gasteiger partial charge in [-0.1, -0.05) is 12.1 Å². The van der Waals surface area contributed by atoms with Crippen LogP contribution in [0.2, 0.25) is 0 Å². The zero-order valence-electron chi connectivity index (χ0n) is 13.0. The van der Waals surface area contributed by atoms with Crippen molar-refractivity contribution < 1.29 is 22.4 Å². The Labute approximate surface area is 139 Å². The maximum Gasteiger partial charge on any atom is 0.315 e. The first-order valence-corrected chi connectivity index (χ1v) is 9.47. The molecule has 1 aromatic carbocycles. The third kappa shape index (κ3) is 5.48. The van der Waals surface area contributed by atoms with Gasteiger partial charge in [-0.3, -0.25) is 4.79 Å². The van der Waals surface area contributed by atoms with E-state index in [2.05, 4.69) is 16.0 Å². The Balaban J connectivity index is 1.60. The SMILES string of the molecule is O=C(NCCCNC(=O)c1ccccc1F)N[C@H]1CCS(=O)(=O)C1. The molecular weight excluding hydrogens is 337 g/mol. The number of sulfone groups is 1. The van der Waals surface area contributed by atoms with E-state index in [0.29, 0.717) is 19.4 Å². The molecule has 1 aliphatic rings. The van der Waals surface area contributed by atoms with Crippen LogP contribution in [0.3, 0.4) is 0 Å². The summed E-state index contributed by atoms with van der Waals surface area (Å²) in [5.41, 5.74) is -0.0226. The highest BCUT2D eigenvalue weighted by Gasteiger charge is 2.28. The van der Waals surface area contributed by atoms with Crippen LogP contribution in [-0.2, 0) is 9.84 Å². The minimum atomic E-state index is -3.03. The first-order valence-electron chi connectivity index (χ1n) is 7.65. The van der Waals surface area contributed by atoms with Gasteiger partial charge in [-0.15, -0.1) is 0 Å². The molecule has 1 fully saturated rings. The molecule has 2 rings (SSSR count). The Bertz CT molecular complexity index is 708. The van der Waals surface area contributed by atoms with Gasteiger partial charge in [0.05, 0.1) is 17.1 Å². The Morgan fingerprint density at radius 1 is 1.17 bits per heavy atom. The number of rotatable bonds is 6. The number of hydrogen-bond donors (Lipinski definition) is 3. The second kappa shape index (κ2) is 8.09. The van der Waals surface area contributed by atoms with E-state index in [1.807, 2.05) is 0 Å². The molecule has 0 spiro atoms. The fourth-order valence-corrected chi connectivity index (χ4v) is 4.05. The molecule has 0 bridgehead atoms. The third-order valence-electron chi connectivity index (χ3n) is 3.61. The highest BCUT2D eigenvalue weighted by atomic mass is 32.2. The lowest BCUT2D eigenvalue weighted by Gasteiger charge is -2.12. The lowest BCUT2D eigenvalue weighted by Crippen LogP contribution is -2.43. The summed E-state index contributed by atoms with van der Waals surface area (Å²) >= 11 is 0. The van der Waals surface area contributed by atoms with Crippen LogP contribution in [-0.4, -0.2) is 51.0 Å². The number of carbonyl (C=O) groups excluding carboxylic acids is 2. The molecule has 24 heavy (non-hydrogen) atoms. The van der Waals surface area contributed by atoms with E-state index in [1.54, 1.807) is 6.07 Å². The number of urea groups is 1. The molecule has 0 unspecified atom stereocenters. The molecule has 0 saturated carbocycles. The Morgan fingerprint density at radius 2 is 1.88 bits per heavy atom. The standard InChI is InChI=1S/C15H20FN3O4S/c16-13-5-2-1-4-12(13)14(20)17-7-3-8-18-15(21)19-11-6-9-24(22,23)10-11/h1-2,4-5,11H,3,6-10H2,(H,17,20)(H2,18,19,21)/t11-/m0/s1. The van der Waals surface area contributed by atoms with E-state index in [9.17, 15) is 22.4 Å². The van der Waals surface area contributed by atoms with Gasteiger partial charge in [0.1, 0.15) is 5.82 Å². The molecule has 9 heteroatoms. The smallest absolute Gasteiger partial charge is 0.315 e. The molecule has 1 aliphatic heterocycles. The van der Waals surface area contributed by atoms with Gasteiger partial charge in [0.15, 0.2) is 9.84 Å². The van der Waals surface area contributed by atoms with Crippen LogP contribution in [0, 0.1) is 5.82 Å². The molecular formula is C15H20FN3O4S. The van der Waals surface area contributed by atoms with Crippen molar-refractivity contribution in [1.82, 2.24) is 16.0 Å². The fraction of sp³-hybridized carbons (Fsp3) is 0.467. The van der Waals surface area contributed by atoms with Crippen LogP contribution < -0.4 is 16.0 Å². The molecule has 0 radical (unpaired) electrons. The van der Waals surface area contributed by atoms with E-state index in [4.69, 9.17) is 0 Å². The highest BCUT2D eigenvalue weighted by molar-refractivity contribution is 7.91. The van der Waals surface area contributed by atoms with Crippen molar-refractivity contribution in [1.29, 1.82) is 0 Å². The van der Waals surface area contributed by atoms with Crippen molar-refractivity contribution in [3.63, 3.8) is 0 Å². The Hall–Kier alpha value is -2.16. The van der Waals surface area contributed by atoms with Gasteiger partial charge in [-0.25, -0.2) is 17.6 Å². The molecule has 1 heterocycles. The van der Waals surface area contributed by atoms with E-state index >= 15 is 0 Å². The van der Waals surface area contributed by atoms with Crippen LogP contribution >= 0.6 is 0 Å². The summed E-state index contributed by atoms with van der Waals surface area (Å²) in [5, 5.41) is 7.76. The minimum Gasteiger partial charge on any atom is -0.352 e. The fourth-order valence-electron chi connectivity index (χ4n) is 2.38. The number of benzene rings is 1. The lowest BCUT2D eigenvalue weighted by molar-refractivity contribution is 0.0949. The molecule has 3 N–H and O–H groups in total. The second-order valence-corrected chi connectivity index (χ2v) is 7.82. The van der Waals surface area contributed by atoms with Crippen LogP contribution in [0.4, 0.5) is 9.18 Å². The quantitative estimate of drug-likeness (QED) is 0.642. The van der Waals surface area contributed by atoms with Gasteiger partial charge < -0.3 is 16.0 Å². The zero-order chi connectivity index (χ0) is 17.6. The molecule has 3 amide bonds. The molecule has 1 saturated heterocycles. The van der Waals surface area contributed by atoms with Crippen molar-refractivity contribution in [2.75, 3.05) is 24.6 Å². The molecule has 1 aromatic rings. The van der Waals surface area contributed by atoms with Crippen LogP contribution in [0.15, 0.2) is 24.3 Å². The van der Waals surface area contributed by atoms with Gasteiger partial charge in [0.25, 0.3) is 5.91 Å². The third-order valence-corrected chi connectivity index (χ3v) is 5.38. The van der Waals surface area contributed by atoms with Crippen molar-refractivity contribution in [3.8, 4) is 0 Å². The van der Waals surface area contributed by atoms with Crippen LogP contribution in [0.5, 0.6) is 0 Å². The topological polar surface area (TPSA) is 104 Å². The minimum absolute atomic E-state index is 0.0226. The van der Waals surface area contributed by atoms with Gasteiger partial charge in [0.2, 0.25) is 0 Å². The number of amides is 3. The van der Waals surface area contributed by atoms with Crippen molar-refractivity contribution >= 4 is 21.8 Å². The van der Waals surface area contributed by atoms with Gasteiger partial charge in [-0.2, -0.15) is 0 Å². The summed E-state index contributed by atoms with van der Waals surface area (Å²) in [6.07, 6.45) is 0.894. The maximum absolute atomic E-state index is 13.4. The molecule has 7 nitrogen and oxygen atoms in total. The number of carbonyl (C=O) groups is 2. The number of nitrogens with one attached hydrogen (secondary N) is 3. The van der Waals surface area contributed by atoms with Gasteiger partial charge in [-0.05, 0) is 25.0 Å². The van der Waals surface area contributed by atoms with Crippen molar-refractivity contribution in [2.24, 2.45) is 0 Å². The summed E-state index contributed by atoms with van der Waals surface area (Å²) in [4.78, 5) is 23.4. The van der Waals surface area contributed by atoms with Crippen molar-refractivity contribution in [3.05, 3.63) is 35.6 Å². The molecule has 0 aromatic heterocycles. The summed E-state index contributed by atoms with van der Waals surface area (Å²) in [6, 6.07) is 4.90. The lowest BCUT2D eigenvalue weighted by atomic mass is 10.2. The molecule has 1 atom stereocenters. The van der Waals surface area contributed by atoms with E-state index < -0.39 is 27.6 Å².